The van der Waals surface area contributed by atoms with Crippen molar-refractivity contribution in [2.45, 2.75) is 50.7 Å². The number of alkyl halides is 3. The Morgan fingerprint density at radius 3 is 2.79 bits per heavy atom. The third kappa shape index (κ3) is 4.53. The molecule has 1 atom stereocenters. The first-order chi connectivity index (χ1) is 9.05. The Morgan fingerprint density at radius 1 is 1.16 bits per heavy atom. The summed E-state index contributed by atoms with van der Waals surface area (Å²) in [5.41, 5.74) is 0.236. The number of nitrogens with one attached hydrogen (secondary N) is 1. The van der Waals surface area contributed by atoms with Crippen LogP contribution in [0, 0.1) is 0 Å². The molecule has 1 aliphatic heterocycles. The predicted molar refractivity (Wildman–Crippen MR) is 70.0 cm³/mol. The van der Waals surface area contributed by atoms with Crippen LogP contribution >= 0.6 is 0 Å². The Morgan fingerprint density at radius 2 is 2.00 bits per heavy atom. The van der Waals surface area contributed by atoms with Crippen LogP contribution in [0.4, 0.5) is 13.2 Å². The summed E-state index contributed by atoms with van der Waals surface area (Å²) in [6.45, 7) is 1.03. The maximum Gasteiger partial charge on any atom is 0.416 e. The van der Waals surface area contributed by atoms with Gasteiger partial charge in [0, 0.05) is 6.04 Å². The molecule has 106 valence electrons. The number of benzene rings is 1. The fourth-order valence-electron chi connectivity index (χ4n) is 2.59. The normalized spacial score (nSPS) is 21.1. The van der Waals surface area contributed by atoms with Gasteiger partial charge in [-0.3, -0.25) is 0 Å². The van der Waals surface area contributed by atoms with Crippen LogP contribution in [0.25, 0.3) is 0 Å². The summed E-state index contributed by atoms with van der Waals surface area (Å²) in [5, 5.41) is 3.47. The van der Waals surface area contributed by atoms with Crippen molar-refractivity contribution in [1.29, 1.82) is 0 Å². The number of aryl methyl sites for hydroxylation is 1. The van der Waals surface area contributed by atoms with Crippen LogP contribution in [-0.4, -0.2) is 12.6 Å². The Balaban J connectivity index is 1.92. The molecule has 0 spiro atoms. The minimum atomic E-state index is -4.24. The minimum Gasteiger partial charge on any atom is -0.314 e. The fraction of sp³-hybridized carbons (Fsp3) is 0.600. The van der Waals surface area contributed by atoms with Gasteiger partial charge in [0.25, 0.3) is 0 Å². The second-order valence-corrected chi connectivity index (χ2v) is 5.24. The highest BCUT2D eigenvalue weighted by molar-refractivity contribution is 5.25. The Labute approximate surface area is 112 Å². The van der Waals surface area contributed by atoms with Gasteiger partial charge in [-0.1, -0.05) is 31.0 Å². The molecule has 0 bridgehead atoms. The van der Waals surface area contributed by atoms with Gasteiger partial charge in [0.15, 0.2) is 0 Å². The van der Waals surface area contributed by atoms with E-state index in [4.69, 9.17) is 0 Å². The Kier molecular flexibility index (Phi) is 4.86. The molecular weight excluding hydrogens is 251 g/mol. The molecular formula is C15H20F3N. The van der Waals surface area contributed by atoms with Crippen molar-refractivity contribution in [2.75, 3.05) is 6.54 Å². The highest BCUT2D eigenvalue weighted by Gasteiger charge is 2.30. The molecule has 0 aromatic heterocycles. The molecule has 0 amide bonds. The van der Waals surface area contributed by atoms with Gasteiger partial charge in [-0.05, 0) is 43.9 Å². The Bertz CT molecular complexity index is 393. The summed E-state index contributed by atoms with van der Waals surface area (Å²) in [4.78, 5) is 0. The first-order valence-electron chi connectivity index (χ1n) is 6.95. The predicted octanol–water partition coefficient (Wildman–Crippen LogP) is 4.17. The molecule has 1 aromatic rings. The quantitative estimate of drug-likeness (QED) is 0.870. The van der Waals surface area contributed by atoms with E-state index in [-0.39, 0.29) is 0 Å². The highest BCUT2D eigenvalue weighted by atomic mass is 19.4. The molecule has 0 aliphatic carbocycles. The zero-order valence-electron chi connectivity index (χ0n) is 11.0. The molecule has 0 saturated carbocycles. The third-order valence-corrected chi connectivity index (χ3v) is 3.70. The monoisotopic (exact) mass is 271 g/mol. The third-order valence-electron chi connectivity index (χ3n) is 3.70. The van der Waals surface area contributed by atoms with E-state index in [0.717, 1.165) is 31.0 Å². The molecule has 1 unspecified atom stereocenters. The minimum absolute atomic E-state index is 0.456. The summed E-state index contributed by atoms with van der Waals surface area (Å²) in [7, 11) is 0. The van der Waals surface area contributed by atoms with Crippen LogP contribution < -0.4 is 5.32 Å². The zero-order chi connectivity index (χ0) is 13.7. The fourth-order valence-corrected chi connectivity index (χ4v) is 2.59. The van der Waals surface area contributed by atoms with Gasteiger partial charge >= 0.3 is 6.18 Å². The lowest BCUT2D eigenvalue weighted by Crippen LogP contribution is -2.28. The van der Waals surface area contributed by atoms with E-state index in [9.17, 15) is 13.2 Å². The average molecular weight is 271 g/mol. The van der Waals surface area contributed by atoms with Gasteiger partial charge in [0.1, 0.15) is 0 Å². The van der Waals surface area contributed by atoms with Gasteiger partial charge < -0.3 is 5.32 Å². The van der Waals surface area contributed by atoms with Gasteiger partial charge in [-0.2, -0.15) is 13.2 Å². The van der Waals surface area contributed by atoms with Gasteiger partial charge in [0.05, 0.1) is 5.56 Å². The molecule has 1 nitrogen and oxygen atoms in total. The zero-order valence-corrected chi connectivity index (χ0v) is 11.0. The van der Waals surface area contributed by atoms with Crippen molar-refractivity contribution in [2.24, 2.45) is 0 Å². The van der Waals surface area contributed by atoms with E-state index in [2.05, 4.69) is 5.32 Å². The molecule has 2 rings (SSSR count). The van der Waals surface area contributed by atoms with E-state index in [1.54, 1.807) is 6.07 Å². The van der Waals surface area contributed by atoms with Crippen molar-refractivity contribution < 1.29 is 13.2 Å². The van der Waals surface area contributed by atoms with Gasteiger partial charge in [-0.15, -0.1) is 0 Å². The van der Waals surface area contributed by atoms with E-state index in [1.807, 2.05) is 0 Å². The molecule has 0 radical (unpaired) electrons. The number of halogens is 3. The van der Waals surface area contributed by atoms with Crippen molar-refractivity contribution in [3.63, 3.8) is 0 Å². The number of rotatable bonds is 3. The van der Waals surface area contributed by atoms with Crippen LogP contribution in [0.2, 0.25) is 0 Å². The first-order valence-corrected chi connectivity index (χ1v) is 6.95. The summed E-state index contributed by atoms with van der Waals surface area (Å²) in [6.07, 6.45) is 2.21. The van der Waals surface area contributed by atoms with Crippen LogP contribution in [0.3, 0.4) is 0 Å². The van der Waals surface area contributed by atoms with Crippen LogP contribution in [0.1, 0.15) is 43.2 Å². The second kappa shape index (κ2) is 6.42. The Hall–Kier alpha value is -1.03. The van der Waals surface area contributed by atoms with Gasteiger partial charge in [0.2, 0.25) is 0 Å². The highest BCUT2D eigenvalue weighted by Crippen LogP contribution is 2.29. The maximum atomic E-state index is 12.6. The molecule has 1 aromatic carbocycles. The average Bonchev–Trinajstić information content (AvgIpc) is 2.64. The summed E-state index contributed by atoms with van der Waals surface area (Å²) in [5.74, 6) is 0. The first kappa shape index (κ1) is 14.4. The molecule has 1 heterocycles. The molecule has 4 heteroatoms. The van der Waals surface area contributed by atoms with Crippen molar-refractivity contribution in [3.8, 4) is 0 Å². The van der Waals surface area contributed by atoms with Crippen molar-refractivity contribution in [1.82, 2.24) is 5.32 Å². The number of hydrogen-bond acceptors (Lipinski definition) is 1. The van der Waals surface area contributed by atoms with E-state index in [0.29, 0.717) is 12.5 Å². The summed E-state index contributed by atoms with van der Waals surface area (Å²) in [6, 6.07) is 6.14. The standard InChI is InChI=1S/C15H20F3N/c16-15(17,18)13-6-4-5-12(11-13)8-9-14-7-2-1-3-10-19-14/h4-6,11,14,19H,1-3,7-10H2. The maximum absolute atomic E-state index is 12.6. The lowest BCUT2D eigenvalue weighted by molar-refractivity contribution is -0.137. The lowest BCUT2D eigenvalue weighted by Gasteiger charge is -2.16. The molecule has 1 fully saturated rings. The summed E-state index contributed by atoms with van der Waals surface area (Å²) >= 11 is 0. The van der Waals surface area contributed by atoms with E-state index >= 15 is 0 Å². The van der Waals surface area contributed by atoms with Crippen LogP contribution in [0.5, 0.6) is 0 Å². The van der Waals surface area contributed by atoms with Crippen molar-refractivity contribution in [3.05, 3.63) is 35.4 Å². The van der Waals surface area contributed by atoms with Gasteiger partial charge in [-0.25, -0.2) is 0 Å². The lowest BCUT2D eigenvalue weighted by atomic mass is 10.0. The van der Waals surface area contributed by atoms with E-state index in [1.165, 1.54) is 31.4 Å². The second-order valence-electron chi connectivity index (χ2n) is 5.24. The topological polar surface area (TPSA) is 12.0 Å². The van der Waals surface area contributed by atoms with Crippen LogP contribution in [0.15, 0.2) is 24.3 Å². The number of hydrogen-bond donors (Lipinski definition) is 1. The SMILES string of the molecule is FC(F)(F)c1cccc(CCC2CCCCCN2)c1. The molecule has 19 heavy (non-hydrogen) atoms. The molecule has 1 saturated heterocycles. The van der Waals surface area contributed by atoms with Crippen LogP contribution in [-0.2, 0) is 12.6 Å². The van der Waals surface area contributed by atoms with Crippen molar-refractivity contribution >= 4 is 0 Å². The summed E-state index contributed by atoms with van der Waals surface area (Å²) < 4.78 is 37.8. The largest absolute Gasteiger partial charge is 0.416 e. The smallest absolute Gasteiger partial charge is 0.314 e. The molecule has 1 aliphatic rings. The molecule has 1 N–H and O–H groups in total. The van der Waals surface area contributed by atoms with E-state index < -0.39 is 11.7 Å².